The average molecular weight is 388 g/mol. The Morgan fingerprint density at radius 2 is 1.15 bits per heavy atom. The van der Waals surface area contributed by atoms with E-state index in [1.807, 2.05) is 0 Å². The maximum atomic E-state index is 12.0. The van der Waals surface area contributed by atoms with Crippen LogP contribution in [0.2, 0.25) is 0 Å². The van der Waals surface area contributed by atoms with Gasteiger partial charge in [0.2, 0.25) is 0 Å². The molecule has 0 aromatic carbocycles. The molecule has 0 aliphatic rings. The molecule has 0 aliphatic heterocycles. The lowest BCUT2D eigenvalue weighted by molar-refractivity contribution is -0.140. The van der Waals surface area contributed by atoms with Crippen LogP contribution < -0.4 is 5.73 Å². The number of ketones is 1. The number of carbonyl (C=O) groups is 1. The van der Waals surface area contributed by atoms with Gasteiger partial charge in [-0.1, -0.05) is 97.3 Å². The Balaban J connectivity index is 3.69. The summed E-state index contributed by atoms with van der Waals surface area (Å²) in [5.74, 6) is -1.66. The van der Waals surface area contributed by atoms with E-state index in [0.717, 1.165) is 19.3 Å². The van der Waals surface area contributed by atoms with E-state index in [0.29, 0.717) is 6.42 Å². The van der Waals surface area contributed by atoms with Crippen molar-refractivity contribution < 1.29 is 20.1 Å². The fourth-order valence-electron chi connectivity index (χ4n) is 3.56. The summed E-state index contributed by atoms with van der Waals surface area (Å²) in [6.45, 7) is 3.93. The van der Waals surface area contributed by atoms with Crippen molar-refractivity contribution in [2.24, 2.45) is 11.7 Å². The molecule has 0 amide bonds. The van der Waals surface area contributed by atoms with Crippen molar-refractivity contribution in [3.63, 3.8) is 0 Å². The molecule has 4 atom stereocenters. The van der Waals surface area contributed by atoms with E-state index in [2.05, 4.69) is 6.92 Å². The fourth-order valence-corrected chi connectivity index (χ4v) is 3.56. The summed E-state index contributed by atoms with van der Waals surface area (Å²) in [7, 11) is 0. The first-order chi connectivity index (χ1) is 13.0. The van der Waals surface area contributed by atoms with Crippen molar-refractivity contribution in [3.8, 4) is 0 Å². The fraction of sp³-hybridized carbons (Fsp3) is 0.955. The van der Waals surface area contributed by atoms with Crippen molar-refractivity contribution in [1.29, 1.82) is 0 Å². The quantitative estimate of drug-likeness (QED) is 0.198. The first-order valence-electron chi connectivity index (χ1n) is 11.3. The van der Waals surface area contributed by atoms with Crippen molar-refractivity contribution in [2.45, 2.75) is 129 Å². The van der Waals surface area contributed by atoms with Gasteiger partial charge in [0.05, 0.1) is 12.0 Å². The highest BCUT2D eigenvalue weighted by Crippen LogP contribution is 2.19. The lowest BCUT2D eigenvalue weighted by Crippen LogP contribution is -2.46. The molecule has 0 aromatic rings. The van der Waals surface area contributed by atoms with Gasteiger partial charge in [-0.15, -0.1) is 0 Å². The van der Waals surface area contributed by atoms with Crippen LogP contribution >= 0.6 is 0 Å². The Hall–Kier alpha value is -0.490. The van der Waals surface area contributed by atoms with Crippen molar-refractivity contribution in [2.75, 3.05) is 0 Å². The number of hydrogen-bond donors (Lipinski definition) is 4. The Kier molecular flexibility index (Phi) is 17.3. The van der Waals surface area contributed by atoms with Crippen LogP contribution in [-0.2, 0) is 4.79 Å². The largest absolute Gasteiger partial charge is 0.392 e. The summed E-state index contributed by atoms with van der Waals surface area (Å²) in [5, 5.41) is 29.4. The average Bonchev–Trinajstić information content (AvgIpc) is 2.64. The van der Waals surface area contributed by atoms with Gasteiger partial charge in [-0.05, 0) is 12.8 Å². The molecule has 0 aliphatic carbocycles. The Bertz CT molecular complexity index is 349. The predicted molar refractivity (Wildman–Crippen MR) is 111 cm³/mol. The van der Waals surface area contributed by atoms with Crippen LogP contribution in [0.5, 0.6) is 0 Å². The number of Topliss-reactive ketones (excluding diaryl/α,β-unsaturated/α-hetero) is 1. The van der Waals surface area contributed by atoms with Gasteiger partial charge in [0.25, 0.3) is 0 Å². The molecule has 27 heavy (non-hydrogen) atoms. The zero-order valence-electron chi connectivity index (χ0n) is 17.7. The van der Waals surface area contributed by atoms with Crippen molar-refractivity contribution >= 4 is 5.78 Å². The van der Waals surface area contributed by atoms with Gasteiger partial charge >= 0.3 is 0 Å². The van der Waals surface area contributed by atoms with Gasteiger partial charge in [-0.2, -0.15) is 0 Å². The van der Waals surface area contributed by atoms with Gasteiger partial charge < -0.3 is 21.1 Å². The first kappa shape index (κ1) is 26.5. The smallest absolute Gasteiger partial charge is 0.170 e. The molecule has 5 heteroatoms. The Labute approximate surface area is 166 Å². The minimum Gasteiger partial charge on any atom is -0.392 e. The van der Waals surface area contributed by atoms with Crippen LogP contribution in [0.3, 0.4) is 0 Å². The molecule has 0 radical (unpaired) electrons. The lowest BCUT2D eigenvalue weighted by Gasteiger charge is -2.25. The van der Waals surface area contributed by atoms with Gasteiger partial charge in [0.1, 0.15) is 12.3 Å². The summed E-state index contributed by atoms with van der Waals surface area (Å²) in [6, 6.07) is 0. The molecule has 0 saturated carbocycles. The third-order valence-corrected chi connectivity index (χ3v) is 5.43. The van der Waals surface area contributed by atoms with Crippen LogP contribution in [0.15, 0.2) is 0 Å². The molecule has 0 fully saturated rings. The molecule has 2 unspecified atom stereocenters. The monoisotopic (exact) mass is 387 g/mol. The number of hydrogen-bond acceptors (Lipinski definition) is 5. The summed E-state index contributed by atoms with van der Waals surface area (Å²) < 4.78 is 0. The molecule has 162 valence electrons. The van der Waals surface area contributed by atoms with Crippen molar-refractivity contribution in [1.82, 2.24) is 0 Å². The first-order valence-corrected chi connectivity index (χ1v) is 11.3. The third-order valence-electron chi connectivity index (χ3n) is 5.43. The molecule has 5 N–H and O–H groups in total. The second-order valence-electron chi connectivity index (χ2n) is 7.94. The van der Waals surface area contributed by atoms with E-state index in [1.54, 1.807) is 6.92 Å². The van der Waals surface area contributed by atoms with Gasteiger partial charge in [0.15, 0.2) is 5.78 Å². The molecule has 0 aromatic heterocycles. The Morgan fingerprint density at radius 3 is 1.52 bits per heavy atom. The highest BCUT2D eigenvalue weighted by Gasteiger charge is 2.34. The maximum absolute atomic E-state index is 12.0. The summed E-state index contributed by atoms with van der Waals surface area (Å²) in [6.07, 6.45) is 13.3. The molecule has 0 spiro atoms. The SMILES string of the molecule is CCCCCCCCCCCCCCC[C@@H](O)[C@H](C(=O)C(O)CC)C(N)O. The highest BCUT2D eigenvalue weighted by atomic mass is 16.3. The number of nitrogens with two attached hydrogens (primary N) is 1. The molecule has 0 saturated heterocycles. The second-order valence-corrected chi connectivity index (χ2v) is 7.94. The zero-order chi connectivity index (χ0) is 20.5. The summed E-state index contributed by atoms with van der Waals surface area (Å²) >= 11 is 0. The highest BCUT2D eigenvalue weighted by molar-refractivity contribution is 5.86. The van der Waals surface area contributed by atoms with Crippen LogP contribution in [-0.4, -0.2) is 39.5 Å². The van der Waals surface area contributed by atoms with Crippen molar-refractivity contribution in [3.05, 3.63) is 0 Å². The summed E-state index contributed by atoms with van der Waals surface area (Å²) in [5.41, 5.74) is 5.44. The van der Waals surface area contributed by atoms with E-state index in [4.69, 9.17) is 5.73 Å². The molecule has 5 nitrogen and oxygen atoms in total. The van der Waals surface area contributed by atoms with Gasteiger partial charge in [0, 0.05) is 0 Å². The number of rotatable bonds is 19. The molecule has 0 heterocycles. The predicted octanol–water partition coefficient (Wildman–Crippen LogP) is 4.06. The second kappa shape index (κ2) is 17.6. The van der Waals surface area contributed by atoms with Gasteiger partial charge in [-0.25, -0.2) is 0 Å². The maximum Gasteiger partial charge on any atom is 0.170 e. The van der Waals surface area contributed by atoms with E-state index in [9.17, 15) is 20.1 Å². The van der Waals surface area contributed by atoms with E-state index in [-0.39, 0.29) is 6.42 Å². The third kappa shape index (κ3) is 13.3. The number of carbonyl (C=O) groups excluding carboxylic acids is 1. The van der Waals surface area contributed by atoms with Crippen LogP contribution in [0.4, 0.5) is 0 Å². The van der Waals surface area contributed by atoms with E-state index < -0.39 is 30.1 Å². The molecular formula is C22H45NO4. The summed E-state index contributed by atoms with van der Waals surface area (Å²) in [4.78, 5) is 12.0. The van der Waals surface area contributed by atoms with Gasteiger partial charge in [-0.3, -0.25) is 4.79 Å². The minimum absolute atomic E-state index is 0.257. The molecular weight excluding hydrogens is 342 g/mol. The van der Waals surface area contributed by atoms with Crippen LogP contribution in [0.25, 0.3) is 0 Å². The zero-order valence-corrected chi connectivity index (χ0v) is 17.7. The van der Waals surface area contributed by atoms with E-state index >= 15 is 0 Å². The lowest BCUT2D eigenvalue weighted by atomic mass is 9.88. The van der Waals surface area contributed by atoms with E-state index in [1.165, 1.54) is 64.2 Å². The standard InChI is InChI=1S/C22H45NO4/c1-3-5-6-7-8-9-10-11-12-13-14-15-16-17-19(25)20(22(23)27)21(26)18(24)4-2/h18-20,22,24-25,27H,3-17,23H2,1-2H3/t18?,19-,20-,22?/m1/s1. The Morgan fingerprint density at radius 1 is 0.741 bits per heavy atom. The topological polar surface area (TPSA) is 104 Å². The normalized spacial score (nSPS) is 16.1. The van der Waals surface area contributed by atoms with Crippen LogP contribution in [0.1, 0.15) is 110 Å². The number of aliphatic hydroxyl groups is 3. The molecule has 0 rings (SSSR count). The number of aliphatic hydroxyl groups excluding tert-OH is 3. The van der Waals surface area contributed by atoms with Crippen LogP contribution in [0, 0.1) is 5.92 Å². The minimum atomic E-state index is -1.43. The molecule has 0 bridgehead atoms. The number of unbranched alkanes of at least 4 members (excludes halogenated alkanes) is 12.